The van der Waals surface area contributed by atoms with Gasteiger partial charge in [0.25, 0.3) is 0 Å². The summed E-state index contributed by atoms with van der Waals surface area (Å²) in [6, 6.07) is 6.43. The number of phenolic OH excluding ortho intramolecular Hbond substituents is 1. The molecule has 2 aliphatic heterocycles. The third kappa shape index (κ3) is 4.64. The van der Waals surface area contributed by atoms with Crippen LogP contribution in [0.1, 0.15) is 19.3 Å². The van der Waals surface area contributed by atoms with E-state index in [2.05, 4.69) is 4.90 Å². The molecular weight excluding hydrogens is 446 g/mol. The van der Waals surface area contributed by atoms with Gasteiger partial charge >= 0.3 is 0 Å². The van der Waals surface area contributed by atoms with Gasteiger partial charge in [0, 0.05) is 37.9 Å². The van der Waals surface area contributed by atoms with Crippen LogP contribution in [0.15, 0.2) is 35.7 Å². The van der Waals surface area contributed by atoms with Crippen molar-refractivity contribution < 1.29 is 21.9 Å². The highest BCUT2D eigenvalue weighted by Crippen LogP contribution is 2.34. The lowest BCUT2D eigenvalue weighted by Gasteiger charge is -2.44. The summed E-state index contributed by atoms with van der Waals surface area (Å²) in [6.07, 6.45) is 5.26. The Labute approximate surface area is 182 Å². The molecule has 0 radical (unpaired) electrons. The second-order valence-electron chi connectivity index (χ2n) is 8.00. The number of hydrogen-bond acceptors (Lipinski definition) is 7. The first kappa shape index (κ1) is 21.9. The quantitative estimate of drug-likeness (QED) is 0.642. The normalized spacial score (nSPS) is 25.9. The van der Waals surface area contributed by atoms with E-state index in [1.54, 1.807) is 24.3 Å². The highest BCUT2D eigenvalue weighted by molar-refractivity contribution is 8.14. The molecule has 4 rings (SSSR count). The number of anilines is 1. The Kier molecular flexibility index (Phi) is 6.10. The van der Waals surface area contributed by atoms with E-state index in [-0.39, 0.29) is 30.9 Å². The van der Waals surface area contributed by atoms with Gasteiger partial charge < -0.3 is 10.0 Å². The second-order valence-corrected chi connectivity index (χ2v) is 13.5. The van der Waals surface area contributed by atoms with Crippen molar-refractivity contribution in [2.45, 2.75) is 35.9 Å². The van der Waals surface area contributed by atoms with Crippen molar-refractivity contribution in [3.8, 4) is 5.75 Å². The Morgan fingerprint density at radius 1 is 1.13 bits per heavy atom. The van der Waals surface area contributed by atoms with Gasteiger partial charge in [0.1, 0.15) is 10.3 Å². The van der Waals surface area contributed by atoms with Crippen molar-refractivity contribution in [2.75, 3.05) is 37.3 Å². The molecule has 0 aromatic heterocycles. The van der Waals surface area contributed by atoms with Crippen LogP contribution in [0.2, 0.25) is 0 Å². The number of rotatable bonds is 7. The van der Waals surface area contributed by atoms with Crippen LogP contribution in [0.3, 0.4) is 0 Å². The van der Waals surface area contributed by atoms with Crippen LogP contribution < -0.4 is 4.90 Å². The summed E-state index contributed by atoms with van der Waals surface area (Å²) in [5.74, 6) is 0.151. The lowest BCUT2D eigenvalue weighted by atomic mass is 10.1. The van der Waals surface area contributed by atoms with Gasteiger partial charge in [0.2, 0.25) is 20.0 Å². The van der Waals surface area contributed by atoms with Crippen molar-refractivity contribution in [1.82, 2.24) is 8.61 Å². The van der Waals surface area contributed by atoms with Crippen LogP contribution in [0, 0.1) is 0 Å². The van der Waals surface area contributed by atoms with E-state index in [1.165, 1.54) is 26.6 Å². The highest BCUT2D eigenvalue weighted by atomic mass is 32.3. The summed E-state index contributed by atoms with van der Waals surface area (Å²) < 4.78 is 53.6. The first-order valence-electron chi connectivity index (χ1n) is 9.98. The standard InChI is InChI=1S/C19H27N3O5S3/c1-29(24,25)22(16-4-5-16)14-17-13-20(30(26,27)19-3-2-12-28-19)10-11-21(17)15-6-8-18(23)9-7-15/h2,6-9,12,16-17,19,23H,3-5,10-11,13-14H2,1H3/t17-,19?/m1/s1. The van der Waals surface area contributed by atoms with Gasteiger partial charge in [-0.25, -0.2) is 16.8 Å². The van der Waals surface area contributed by atoms with Crippen molar-refractivity contribution in [3.05, 3.63) is 35.7 Å². The molecule has 1 unspecified atom stereocenters. The Hall–Kier alpha value is -1.27. The molecule has 1 N–H and O–H groups in total. The molecule has 8 nitrogen and oxygen atoms in total. The highest BCUT2D eigenvalue weighted by Gasteiger charge is 2.42. The van der Waals surface area contributed by atoms with E-state index in [4.69, 9.17) is 0 Å². The summed E-state index contributed by atoms with van der Waals surface area (Å²) in [6.45, 7) is 1.28. The second kappa shape index (κ2) is 8.34. The largest absolute Gasteiger partial charge is 0.508 e. The molecule has 1 aliphatic carbocycles. The van der Waals surface area contributed by atoms with Gasteiger partial charge in [-0.3, -0.25) is 0 Å². The number of sulfonamides is 2. The Morgan fingerprint density at radius 2 is 1.83 bits per heavy atom. The minimum atomic E-state index is -3.48. The van der Waals surface area contributed by atoms with Gasteiger partial charge in [0.05, 0.1) is 12.3 Å². The molecule has 11 heteroatoms. The molecule has 166 valence electrons. The van der Waals surface area contributed by atoms with Crippen LogP contribution in [0.4, 0.5) is 5.69 Å². The number of nitrogens with zero attached hydrogens (tertiary/aromatic N) is 3. The van der Waals surface area contributed by atoms with E-state index in [0.29, 0.717) is 19.5 Å². The lowest BCUT2D eigenvalue weighted by molar-refractivity contribution is 0.286. The van der Waals surface area contributed by atoms with Gasteiger partial charge in [0.15, 0.2) is 0 Å². The van der Waals surface area contributed by atoms with Crippen molar-refractivity contribution in [2.24, 2.45) is 0 Å². The fourth-order valence-corrected chi connectivity index (χ4v) is 8.38. The van der Waals surface area contributed by atoms with Crippen molar-refractivity contribution in [3.63, 3.8) is 0 Å². The Balaban J connectivity index is 1.60. The fraction of sp³-hybridized carbons (Fsp3) is 0.579. The maximum absolute atomic E-state index is 13.1. The monoisotopic (exact) mass is 473 g/mol. The third-order valence-corrected chi connectivity index (χ3v) is 10.9. The maximum atomic E-state index is 13.1. The number of thioether (sulfide) groups is 1. The number of piperazine rings is 1. The molecule has 2 fully saturated rings. The molecule has 1 saturated heterocycles. The molecule has 0 amide bonds. The predicted octanol–water partition coefficient (Wildman–Crippen LogP) is 1.61. The molecule has 1 aromatic carbocycles. The number of phenols is 1. The average molecular weight is 474 g/mol. The average Bonchev–Trinajstić information content (AvgIpc) is 3.36. The zero-order chi connectivity index (χ0) is 21.5. The molecule has 2 atom stereocenters. The molecule has 0 bridgehead atoms. The first-order valence-corrected chi connectivity index (χ1v) is 14.3. The number of aromatic hydroxyl groups is 1. The molecule has 30 heavy (non-hydrogen) atoms. The summed E-state index contributed by atoms with van der Waals surface area (Å²) in [4.78, 5) is 2.06. The topological polar surface area (TPSA) is 98.2 Å². The van der Waals surface area contributed by atoms with Crippen LogP contribution in [-0.4, -0.2) is 79.7 Å². The minimum Gasteiger partial charge on any atom is -0.508 e. The molecule has 1 aromatic rings. The third-order valence-electron chi connectivity index (χ3n) is 5.74. The van der Waals surface area contributed by atoms with E-state index >= 15 is 0 Å². The van der Waals surface area contributed by atoms with Crippen molar-refractivity contribution in [1.29, 1.82) is 0 Å². The maximum Gasteiger partial charge on any atom is 0.227 e. The van der Waals surface area contributed by atoms with Gasteiger partial charge in [-0.2, -0.15) is 8.61 Å². The first-order chi connectivity index (χ1) is 14.2. The Bertz CT molecular complexity index is 998. The van der Waals surface area contributed by atoms with Gasteiger partial charge in [-0.05, 0) is 48.9 Å². The molecule has 3 aliphatic rings. The summed E-state index contributed by atoms with van der Waals surface area (Å²) >= 11 is 1.32. The van der Waals surface area contributed by atoms with E-state index in [0.717, 1.165) is 18.5 Å². The lowest BCUT2D eigenvalue weighted by Crippen LogP contribution is -2.59. The van der Waals surface area contributed by atoms with Crippen LogP contribution >= 0.6 is 11.8 Å². The van der Waals surface area contributed by atoms with Crippen LogP contribution in [0.5, 0.6) is 5.75 Å². The SMILES string of the molecule is CS(=O)(=O)N(C[C@H]1CN(S(=O)(=O)C2CC=CS2)CCN1c1ccc(O)cc1)C1CC1. The zero-order valence-corrected chi connectivity index (χ0v) is 19.2. The fourth-order valence-electron chi connectivity index (χ4n) is 4.05. The molecule has 1 saturated carbocycles. The Morgan fingerprint density at radius 3 is 2.40 bits per heavy atom. The summed E-state index contributed by atoms with van der Waals surface area (Å²) in [7, 11) is -6.88. The number of benzene rings is 1. The van der Waals surface area contributed by atoms with Crippen LogP contribution in [0.25, 0.3) is 0 Å². The van der Waals surface area contributed by atoms with E-state index < -0.39 is 24.6 Å². The van der Waals surface area contributed by atoms with Gasteiger partial charge in [-0.1, -0.05) is 6.08 Å². The zero-order valence-electron chi connectivity index (χ0n) is 16.8. The van der Waals surface area contributed by atoms with E-state index in [1.807, 2.05) is 11.5 Å². The minimum absolute atomic E-state index is 0.00300. The van der Waals surface area contributed by atoms with Crippen molar-refractivity contribution >= 4 is 37.5 Å². The smallest absolute Gasteiger partial charge is 0.227 e. The molecular formula is C19H27N3O5S3. The molecule has 0 spiro atoms. The summed E-state index contributed by atoms with van der Waals surface area (Å²) in [5, 5.41) is 11.4. The van der Waals surface area contributed by atoms with E-state index in [9.17, 15) is 21.9 Å². The number of allylic oxidation sites excluding steroid dienone is 1. The predicted molar refractivity (Wildman–Crippen MR) is 119 cm³/mol. The summed E-state index contributed by atoms with van der Waals surface area (Å²) in [5.41, 5.74) is 0.844. The van der Waals surface area contributed by atoms with Crippen LogP contribution in [-0.2, 0) is 20.0 Å². The van der Waals surface area contributed by atoms with Gasteiger partial charge in [-0.15, -0.1) is 11.8 Å². The molecule has 2 heterocycles. The number of hydrogen-bond donors (Lipinski definition) is 1.